The SMILES string of the molecule is CC(=O)N(CC(=O)N(Cc1ccccc1)Cc1ccc(C)s1)CC(C)C. The second kappa shape index (κ2) is 9.53. The first-order valence-electron chi connectivity index (χ1n) is 8.97. The predicted molar refractivity (Wildman–Crippen MR) is 107 cm³/mol. The number of amides is 2. The number of hydrogen-bond acceptors (Lipinski definition) is 3. The van der Waals surface area contributed by atoms with E-state index in [9.17, 15) is 9.59 Å². The molecule has 1 heterocycles. The highest BCUT2D eigenvalue weighted by molar-refractivity contribution is 7.11. The molecule has 0 aliphatic carbocycles. The van der Waals surface area contributed by atoms with Crippen molar-refractivity contribution in [2.24, 2.45) is 5.92 Å². The lowest BCUT2D eigenvalue weighted by Crippen LogP contribution is -2.43. The second-order valence-corrected chi connectivity index (χ2v) is 8.41. The van der Waals surface area contributed by atoms with Crippen LogP contribution in [-0.2, 0) is 22.7 Å². The molecule has 2 aromatic rings. The Bertz CT molecular complexity index is 725. The Morgan fingerprint density at radius 3 is 2.23 bits per heavy atom. The van der Waals surface area contributed by atoms with Gasteiger partial charge in [-0.2, -0.15) is 0 Å². The fourth-order valence-corrected chi connectivity index (χ4v) is 3.71. The monoisotopic (exact) mass is 372 g/mol. The molecule has 0 spiro atoms. The fourth-order valence-electron chi connectivity index (χ4n) is 2.80. The summed E-state index contributed by atoms with van der Waals surface area (Å²) in [6, 6.07) is 14.1. The molecule has 1 aromatic heterocycles. The lowest BCUT2D eigenvalue weighted by Gasteiger charge is -2.28. The minimum atomic E-state index is -0.0568. The number of nitrogens with zero attached hydrogens (tertiary/aromatic N) is 2. The van der Waals surface area contributed by atoms with E-state index in [1.807, 2.05) is 35.2 Å². The van der Waals surface area contributed by atoms with Gasteiger partial charge in [0, 0.05) is 29.8 Å². The average Bonchev–Trinajstić information content (AvgIpc) is 2.99. The van der Waals surface area contributed by atoms with Gasteiger partial charge in [0.2, 0.25) is 11.8 Å². The fraction of sp³-hybridized carbons (Fsp3) is 0.429. The normalized spacial score (nSPS) is 10.8. The number of carbonyl (C=O) groups excluding carboxylic acids is 2. The molecule has 0 N–H and O–H groups in total. The summed E-state index contributed by atoms with van der Waals surface area (Å²) in [4.78, 5) is 30.8. The first-order valence-corrected chi connectivity index (χ1v) is 9.79. The molecule has 2 amide bonds. The van der Waals surface area contributed by atoms with Crippen molar-refractivity contribution in [2.75, 3.05) is 13.1 Å². The summed E-state index contributed by atoms with van der Waals surface area (Å²) in [5.41, 5.74) is 1.09. The summed E-state index contributed by atoms with van der Waals surface area (Å²) in [6.45, 7) is 9.54. The molecule has 0 bridgehead atoms. The maximum Gasteiger partial charge on any atom is 0.242 e. The maximum absolute atomic E-state index is 13.0. The number of rotatable bonds is 8. The topological polar surface area (TPSA) is 40.6 Å². The molecule has 0 radical (unpaired) electrons. The molecule has 0 fully saturated rings. The maximum atomic E-state index is 13.0. The standard InChI is InChI=1S/C21H28N2O2S/c1-16(2)12-22(18(4)24)15-21(25)23(13-19-8-6-5-7-9-19)14-20-11-10-17(3)26-20/h5-11,16H,12-15H2,1-4H3. The Morgan fingerprint density at radius 2 is 1.69 bits per heavy atom. The first kappa shape index (κ1) is 20.2. The molecule has 0 saturated carbocycles. The van der Waals surface area contributed by atoms with Gasteiger partial charge in [0.1, 0.15) is 0 Å². The number of benzene rings is 1. The third-order valence-electron chi connectivity index (χ3n) is 4.07. The molecule has 0 aliphatic rings. The highest BCUT2D eigenvalue weighted by atomic mass is 32.1. The van der Waals surface area contributed by atoms with Crippen LogP contribution in [0.3, 0.4) is 0 Å². The molecule has 4 nitrogen and oxygen atoms in total. The Morgan fingerprint density at radius 1 is 1.00 bits per heavy atom. The van der Waals surface area contributed by atoms with Crippen LogP contribution in [0.15, 0.2) is 42.5 Å². The van der Waals surface area contributed by atoms with Crippen LogP contribution in [0.1, 0.15) is 36.1 Å². The van der Waals surface area contributed by atoms with Gasteiger partial charge in [-0.05, 0) is 30.5 Å². The molecular formula is C21H28N2O2S. The van der Waals surface area contributed by atoms with E-state index in [1.165, 1.54) is 11.8 Å². The van der Waals surface area contributed by atoms with E-state index in [4.69, 9.17) is 0 Å². The Kier molecular flexibility index (Phi) is 7.39. The average molecular weight is 373 g/mol. The van der Waals surface area contributed by atoms with Crippen LogP contribution < -0.4 is 0 Å². The minimum absolute atomic E-state index is 0.0178. The van der Waals surface area contributed by atoms with Crippen molar-refractivity contribution in [2.45, 2.75) is 40.8 Å². The lowest BCUT2D eigenvalue weighted by molar-refractivity contribution is -0.140. The zero-order valence-electron chi connectivity index (χ0n) is 16.1. The van der Waals surface area contributed by atoms with Crippen LogP contribution in [0, 0.1) is 12.8 Å². The summed E-state index contributed by atoms with van der Waals surface area (Å²) in [7, 11) is 0. The van der Waals surface area contributed by atoms with Crippen molar-refractivity contribution in [1.29, 1.82) is 0 Å². The quantitative estimate of drug-likeness (QED) is 0.700. The summed E-state index contributed by atoms with van der Waals surface area (Å²) >= 11 is 1.71. The van der Waals surface area contributed by atoms with Crippen molar-refractivity contribution in [3.8, 4) is 0 Å². The van der Waals surface area contributed by atoms with E-state index in [-0.39, 0.29) is 18.4 Å². The van der Waals surface area contributed by atoms with Crippen LogP contribution in [0.2, 0.25) is 0 Å². The summed E-state index contributed by atoms with van der Waals surface area (Å²) in [5, 5.41) is 0. The third-order valence-corrected chi connectivity index (χ3v) is 5.05. The molecule has 0 aliphatic heterocycles. The molecule has 0 atom stereocenters. The second-order valence-electron chi connectivity index (χ2n) is 7.04. The van der Waals surface area contributed by atoms with Gasteiger partial charge in [0.05, 0.1) is 13.1 Å². The van der Waals surface area contributed by atoms with Gasteiger partial charge >= 0.3 is 0 Å². The third kappa shape index (κ3) is 6.30. The van der Waals surface area contributed by atoms with Gasteiger partial charge in [-0.1, -0.05) is 44.2 Å². The van der Waals surface area contributed by atoms with E-state index in [0.717, 1.165) is 10.4 Å². The zero-order valence-corrected chi connectivity index (χ0v) is 16.9. The number of aryl methyl sites for hydroxylation is 1. The van der Waals surface area contributed by atoms with Gasteiger partial charge < -0.3 is 9.80 Å². The van der Waals surface area contributed by atoms with Crippen molar-refractivity contribution < 1.29 is 9.59 Å². The van der Waals surface area contributed by atoms with Crippen molar-refractivity contribution >= 4 is 23.2 Å². The molecule has 140 valence electrons. The molecule has 0 saturated heterocycles. The van der Waals surface area contributed by atoms with Crippen LogP contribution in [-0.4, -0.2) is 34.7 Å². The Balaban J connectivity index is 2.15. The van der Waals surface area contributed by atoms with E-state index in [1.54, 1.807) is 16.2 Å². The van der Waals surface area contributed by atoms with Gasteiger partial charge in [0.25, 0.3) is 0 Å². The number of hydrogen-bond donors (Lipinski definition) is 0. The van der Waals surface area contributed by atoms with E-state index >= 15 is 0 Å². The largest absolute Gasteiger partial charge is 0.333 e. The first-order chi connectivity index (χ1) is 12.3. The molecule has 2 rings (SSSR count). The van der Waals surface area contributed by atoms with Crippen LogP contribution in [0.4, 0.5) is 0 Å². The number of carbonyl (C=O) groups is 2. The summed E-state index contributed by atoms with van der Waals surface area (Å²) in [5.74, 6) is 0.253. The predicted octanol–water partition coefficient (Wildman–Crippen LogP) is 4.09. The minimum Gasteiger partial charge on any atom is -0.333 e. The van der Waals surface area contributed by atoms with Crippen molar-refractivity contribution in [3.05, 3.63) is 57.8 Å². The van der Waals surface area contributed by atoms with E-state index in [2.05, 4.69) is 32.9 Å². The van der Waals surface area contributed by atoms with Gasteiger partial charge in [-0.3, -0.25) is 9.59 Å². The number of thiophene rings is 1. The molecule has 5 heteroatoms. The smallest absolute Gasteiger partial charge is 0.242 e. The van der Waals surface area contributed by atoms with Crippen LogP contribution in [0.25, 0.3) is 0 Å². The van der Waals surface area contributed by atoms with Crippen molar-refractivity contribution in [1.82, 2.24) is 9.80 Å². The summed E-state index contributed by atoms with van der Waals surface area (Å²) < 4.78 is 0. The van der Waals surface area contributed by atoms with Crippen molar-refractivity contribution in [3.63, 3.8) is 0 Å². The molecule has 1 aromatic carbocycles. The highest BCUT2D eigenvalue weighted by Gasteiger charge is 2.21. The van der Waals surface area contributed by atoms with E-state index in [0.29, 0.717) is 25.6 Å². The van der Waals surface area contributed by atoms with Gasteiger partial charge in [0.15, 0.2) is 0 Å². The molecule has 26 heavy (non-hydrogen) atoms. The Hall–Kier alpha value is -2.14. The molecule has 0 unspecified atom stereocenters. The van der Waals surface area contributed by atoms with Crippen LogP contribution >= 0.6 is 11.3 Å². The summed E-state index contributed by atoms with van der Waals surface area (Å²) in [6.07, 6.45) is 0. The lowest BCUT2D eigenvalue weighted by atomic mass is 10.2. The van der Waals surface area contributed by atoms with Gasteiger partial charge in [-0.25, -0.2) is 0 Å². The van der Waals surface area contributed by atoms with Gasteiger partial charge in [-0.15, -0.1) is 11.3 Å². The van der Waals surface area contributed by atoms with Crippen LogP contribution in [0.5, 0.6) is 0 Å². The Labute approximate surface area is 160 Å². The highest BCUT2D eigenvalue weighted by Crippen LogP contribution is 2.19. The van der Waals surface area contributed by atoms with E-state index < -0.39 is 0 Å². The molecular weight excluding hydrogens is 344 g/mol. The zero-order chi connectivity index (χ0) is 19.1.